The average molecular weight is 358 g/mol. The predicted octanol–water partition coefficient (Wildman–Crippen LogP) is 2.99. The normalized spacial score (nSPS) is 26.5. The number of piperidine rings is 1. The Morgan fingerprint density at radius 2 is 1.64 bits per heavy atom. The fraction of sp³-hybridized carbons (Fsp3) is 0.421. The van der Waals surface area contributed by atoms with Crippen LogP contribution in [0.25, 0.3) is 0 Å². The van der Waals surface area contributed by atoms with Gasteiger partial charge in [-0.3, -0.25) is 4.98 Å². The van der Waals surface area contributed by atoms with Crippen LogP contribution in [0.5, 0.6) is 5.75 Å². The van der Waals surface area contributed by atoms with Gasteiger partial charge in [0.05, 0.1) is 5.75 Å². The van der Waals surface area contributed by atoms with Gasteiger partial charge >= 0.3 is 0 Å². The standard InChI is InChI=1S/C19H22N2O3S/c22-25(23,14-15-4-2-1-3-5-15)21-16-6-7-17(21)13-19(12-16)24-18-8-10-20-11-9-18/h1-5,8-11,16-17,19H,6-7,12-14H2. The second-order valence-electron chi connectivity index (χ2n) is 6.85. The van der Waals surface area contributed by atoms with Crippen LogP contribution < -0.4 is 4.74 Å². The minimum absolute atomic E-state index is 0.0549. The van der Waals surface area contributed by atoms with E-state index in [1.54, 1.807) is 16.7 Å². The van der Waals surface area contributed by atoms with Crippen LogP contribution >= 0.6 is 0 Å². The van der Waals surface area contributed by atoms with E-state index in [2.05, 4.69) is 4.98 Å². The molecule has 1 aromatic carbocycles. The summed E-state index contributed by atoms with van der Waals surface area (Å²) in [6.45, 7) is 0. The van der Waals surface area contributed by atoms with Crippen LogP contribution in [-0.4, -0.2) is 35.9 Å². The number of hydrogen-bond acceptors (Lipinski definition) is 4. The highest BCUT2D eigenvalue weighted by molar-refractivity contribution is 7.88. The number of benzene rings is 1. The van der Waals surface area contributed by atoms with Crippen LogP contribution in [0.4, 0.5) is 0 Å². The Bertz CT molecular complexity index is 797. The second-order valence-corrected chi connectivity index (χ2v) is 8.73. The lowest BCUT2D eigenvalue weighted by molar-refractivity contribution is 0.0955. The van der Waals surface area contributed by atoms with E-state index in [-0.39, 0.29) is 23.9 Å². The van der Waals surface area contributed by atoms with E-state index in [4.69, 9.17) is 4.74 Å². The van der Waals surface area contributed by atoms with E-state index in [0.29, 0.717) is 0 Å². The molecule has 0 radical (unpaired) electrons. The van der Waals surface area contributed by atoms with Crippen molar-refractivity contribution in [2.45, 2.75) is 49.6 Å². The first kappa shape index (κ1) is 16.5. The Morgan fingerprint density at radius 3 is 2.28 bits per heavy atom. The summed E-state index contributed by atoms with van der Waals surface area (Å²) in [6.07, 6.45) is 6.86. The maximum atomic E-state index is 13.0. The van der Waals surface area contributed by atoms with Gasteiger partial charge in [0.15, 0.2) is 0 Å². The number of nitrogens with zero attached hydrogens (tertiary/aromatic N) is 2. The van der Waals surface area contributed by atoms with Gasteiger partial charge in [-0.05, 0) is 30.5 Å². The molecule has 2 aromatic rings. The van der Waals surface area contributed by atoms with Crippen LogP contribution in [-0.2, 0) is 15.8 Å². The van der Waals surface area contributed by atoms with E-state index in [0.717, 1.165) is 37.0 Å². The zero-order chi connectivity index (χ0) is 17.3. The van der Waals surface area contributed by atoms with Gasteiger partial charge in [0.25, 0.3) is 0 Å². The van der Waals surface area contributed by atoms with Gasteiger partial charge in [-0.2, -0.15) is 4.31 Å². The molecule has 25 heavy (non-hydrogen) atoms. The van der Waals surface area contributed by atoms with Crippen LogP contribution in [0.2, 0.25) is 0 Å². The SMILES string of the molecule is O=S(=O)(Cc1ccccc1)N1C2CCC1CC(Oc1ccncc1)C2. The summed E-state index contributed by atoms with van der Waals surface area (Å²) in [5.41, 5.74) is 0.844. The summed E-state index contributed by atoms with van der Waals surface area (Å²) in [7, 11) is -3.30. The van der Waals surface area contributed by atoms with Gasteiger partial charge in [-0.25, -0.2) is 8.42 Å². The highest BCUT2D eigenvalue weighted by Gasteiger charge is 2.47. The molecule has 5 nitrogen and oxygen atoms in total. The molecule has 0 amide bonds. The third-order valence-electron chi connectivity index (χ3n) is 5.09. The van der Waals surface area contributed by atoms with Crippen LogP contribution in [0.3, 0.4) is 0 Å². The highest BCUT2D eigenvalue weighted by Crippen LogP contribution is 2.39. The molecule has 0 aliphatic carbocycles. The number of pyridine rings is 1. The van der Waals surface area contributed by atoms with Crippen LogP contribution in [0, 0.1) is 0 Å². The van der Waals surface area contributed by atoms with Crippen molar-refractivity contribution in [3.8, 4) is 5.75 Å². The molecule has 2 bridgehead atoms. The fourth-order valence-electron chi connectivity index (χ4n) is 4.10. The molecule has 2 atom stereocenters. The smallest absolute Gasteiger partial charge is 0.218 e. The fourth-order valence-corrected chi connectivity index (χ4v) is 6.16. The van der Waals surface area contributed by atoms with Crippen LogP contribution in [0.1, 0.15) is 31.2 Å². The summed E-state index contributed by atoms with van der Waals surface area (Å²) < 4.78 is 33.7. The molecule has 1 aromatic heterocycles. The number of sulfonamides is 1. The van der Waals surface area contributed by atoms with Crippen molar-refractivity contribution in [2.24, 2.45) is 0 Å². The lowest BCUT2D eigenvalue weighted by atomic mass is 10.0. The third-order valence-corrected chi connectivity index (χ3v) is 7.03. The summed E-state index contributed by atoms with van der Waals surface area (Å²) in [5.74, 6) is 0.886. The van der Waals surface area contributed by atoms with Gasteiger partial charge < -0.3 is 4.74 Å². The van der Waals surface area contributed by atoms with Gasteiger partial charge in [0.2, 0.25) is 10.0 Å². The first-order chi connectivity index (χ1) is 12.1. The van der Waals surface area contributed by atoms with Gasteiger partial charge in [-0.1, -0.05) is 30.3 Å². The molecule has 2 aliphatic heterocycles. The van der Waals surface area contributed by atoms with Crippen molar-refractivity contribution in [3.05, 3.63) is 60.4 Å². The molecule has 2 saturated heterocycles. The Morgan fingerprint density at radius 1 is 1.00 bits per heavy atom. The van der Waals surface area contributed by atoms with Gasteiger partial charge in [0.1, 0.15) is 11.9 Å². The van der Waals surface area contributed by atoms with E-state index >= 15 is 0 Å². The van der Waals surface area contributed by atoms with Gasteiger partial charge in [0, 0.05) is 37.3 Å². The topological polar surface area (TPSA) is 59.5 Å². The first-order valence-corrected chi connectivity index (χ1v) is 10.3. The molecular formula is C19H22N2O3S. The van der Waals surface area contributed by atoms with Crippen molar-refractivity contribution < 1.29 is 13.2 Å². The van der Waals surface area contributed by atoms with E-state index in [1.807, 2.05) is 42.5 Å². The third kappa shape index (κ3) is 3.55. The van der Waals surface area contributed by atoms with Crippen molar-refractivity contribution in [3.63, 3.8) is 0 Å². The number of hydrogen-bond donors (Lipinski definition) is 0. The molecule has 3 heterocycles. The molecule has 132 valence electrons. The molecule has 2 unspecified atom stereocenters. The number of rotatable bonds is 5. The summed E-state index contributed by atoms with van der Waals surface area (Å²) in [4.78, 5) is 4.00. The highest BCUT2D eigenvalue weighted by atomic mass is 32.2. The molecule has 0 N–H and O–H groups in total. The largest absolute Gasteiger partial charge is 0.490 e. The minimum Gasteiger partial charge on any atom is -0.490 e. The number of ether oxygens (including phenoxy) is 1. The number of fused-ring (bicyclic) bond motifs is 2. The average Bonchev–Trinajstić information content (AvgIpc) is 2.89. The zero-order valence-electron chi connectivity index (χ0n) is 14.0. The summed E-state index contributed by atoms with van der Waals surface area (Å²) in [6, 6.07) is 13.2. The van der Waals surface area contributed by atoms with Crippen molar-refractivity contribution >= 4 is 10.0 Å². The monoisotopic (exact) mass is 358 g/mol. The second kappa shape index (κ2) is 6.77. The Labute approximate surface area is 148 Å². The lowest BCUT2D eigenvalue weighted by Crippen LogP contribution is -2.49. The van der Waals surface area contributed by atoms with Gasteiger partial charge in [-0.15, -0.1) is 0 Å². The quantitative estimate of drug-likeness (QED) is 0.824. The van der Waals surface area contributed by atoms with Crippen molar-refractivity contribution in [2.75, 3.05) is 0 Å². The maximum Gasteiger partial charge on any atom is 0.218 e. The molecule has 4 rings (SSSR count). The molecule has 2 aliphatic rings. The Hall–Kier alpha value is -1.92. The van der Waals surface area contributed by atoms with Crippen molar-refractivity contribution in [1.82, 2.24) is 9.29 Å². The predicted molar refractivity (Wildman–Crippen MR) is 95.6 cm³/mol. The summed E-state index contributed by atoms with van der Waals surface area (Å²) >= 11 is 0. The van der Waals surface area contributed by atoms with E-state index in [1.165, 1.54) is 0 Å². The Balaban J connectivity index is 1.47. The molecular weight excluding hydrogens is 336 g/mol. The Kier molecular flexibility index (Phi) is 4.48. The molecule has 0 saturated carbocycles. The molecule has 6 heteroatoms. The zero-order valence-corrected chi connectivity index (χ0v) is 14.8. The van der Waals surface area contributed by atoms with Crippen molar-refractivity contribution in [1.29, 1.82) is 0 Å². The maximum absolute atomic E-state index is 13.0. The molecule has 2 fully saturated rings. The minimum atomic E-state index is -3.30. The van der Waals surface area contributed by atoms with Crippen LogP contribution in [0.15, 0.2) is 54.9 Å². The lowest BCUT2D eigenvalue weighted by Gasteiger charge is -2.37. The summed E-state index contributed by atoms with van der Waals surface area (Å²) in [5, 5.41) is 0. The number of aromatic nitrogens is 1. The van der Waals surface area contributed by atoms with E-state index < -0.39 is 10.0 Å². The van der Waals surface area contributed by atoms with E-state index in [9.17, 15) is 8.42 Å². The first-order valence-electron chi connectivity index (χ1n) is 8.73. The molecule has 0 spiro atoms.